The molecule has 0 saturated carbocycles. The van der Waals surface area contributed by atoms with Crippen LogP contribution in [0.4, 0.5) is 0 Å². The van der Waals surface area contributed by atoms with Crippen LogP contribution in [-0.4, -0.2) is 96.7 Å². The Labute approximate surface area is 645 Å². The van der Waals surface area contributed by atoms with Gasteiger partial charge in [-0.3, -0.25) is 37.3 Å². The lowest BCUT2D eigenvalue weighted by Crippen LogP contribution is -2.30. The topological polar surface area (TPSA) is 237 Å². The van der Waals surface area contributed by atoms with Gasteiger partial charge in [-0.15, -0.1) is 0 Å². The van der Waals surface area contributed by atoms with Gasteiger partial charge >= 0.3 is 39.5 Å². The SMILES string of the molecule is CCCCCCCCCCCC(=O)OC[C@H](COP(=O)(O)OC[C@H](O)COP(=O)(O)OC[C@@H](COC(=O)CCCCCCCCCCCCCCCCCC(C)C)OC(=O)CCCCCCCCCCCCCCCCCCCCC(C)CC)OC(=O)CCCCCCCCCCCCCCCC(C)C. The molecule has 0 radical (unpaired) electrons. The zero-order valence-electron chi connectivity index (χ0n) is 69.2. The zero-order valence-corrected chi connectivity index (χ0v) is 71.0. The van der Waals surface area contributed by atoms with Crippen molar-refractivity contribution in [1.29, 1.82) is 0 Å². The molecule has 0 fully saturated rings. The van der Waals surface area contributed by atoms with E-state index in [4.69, 9.17) is 37.0 Å². The van der Waals surface area contributed by atoms with Gasteiger partial charge in [-0.2, -0.15) is 0 Å². The summed E-state index contributed by atoms with van der Waals surface area (Å²) in [6, 6.07) is 0. The minimum Gasteiger partial charge on any atom is -0.462 e. The molecule has 6 atom stereocenters. The lowest BCUT2D eigenvalue weighted by Gasteiger charge is -2.21. The maximum Gasteiger partial charge on any atom is 0.472 e. The Balaban J connectivity index is 5.21. The van der Waals surface area contributed by atoms with Crippen molar-refractivity contribution in [3.05, 3.63) is 0 Å². The molecule has 0 amide bonds. The monoisotopic (exact) mass is 1540 g/mol. The summed E-state index contributed by atoms with van der Waals surface area (Å²) in [6.45, 7) is 12.1. The number of ether oxygens (including phenoxy) is 4. The van der Waals surface area contributed by atoms with Crippen LogP contribution in [0.2, 0.25) is 0 Å². The van der Waals surface area contributed by atoms with Crippen LogP contribution in [0.1, 0.15) is 453 Å². The summed E-state index contributed by atoms with van der Waals surface area (Å²) in [7, 11) is -9.93. The van der Waals surface area contributed by atoms with E-state index >= 15 is 0 Å². The number of esters is 4. The molecule has 0 aromatic rings. The van der Waals surface area contributed by atoms with Gasteiger partial charge in [0.25, 0.3) is 0 Å². The van der Waals surface area contributed by atoms with Gasteiger partial charge in [0.15, 0.2) is 12.2 Å². The first kappa shape index (κ1) is 103. The molecule has 105 heavy (non-hydrogen) atoms. The maximum atomic E-state index is 13.1. The van der Waals surface area contributed by atoms with Crippen molar-refractivity contribution in [2.45, 2.75) is 471 Å². The highest BCUT2D eigenvalue weighted by atomic mass is 31.2. The Morgan fingerprint density at radius 2 is 0.486 bits per heavy atom. The fourth-order valence-corrected chi connectivity index (χ4v) is 14.9. The van der Waals surface area contributed by atoms with Gasteiger partial charge < -0.3 is 33.8 Å². The predicted octanol–water partition coefficient (Wildman–Crippen LogP) is 26.1. The molecule has 0 aliphatic rings. The van der Waals surface area contributed by atoms with Crippen molar-refractivity contribution < 1.29 is 80.2 Å². The Morgan fingerprint density at radius 1 is 0.276 bits per heavy atom. The number of hydrogen-bond donors (Lipinski definition) is 3. The van der Waals surface area contributed by atoms with Gasteiger partial charge in [-0.25, -0.2) is 9.13 Å². The summed E-state index contributed by atoms with van der Waals surface area (Å²) < 4.78 is 68.8. The average molecular weight is 1540 g/mol. The lowest BCUT2D eigenvalue weighted by atomic mass is 9.99. The van der Waals surface area contributed by atoms with Crippen molar-refractivity contribution in [2.75, 3.05) is 39.6 Å². The molecular weight excluding hydrogens is 1370 g/mol. The Bertz CT molecular complexity index is 2030. The van der Waals surface area contributed by atoms with E-state index in [1.807, 2.05) is 0 Å². The third kappa shape index (κ3) is 78.5. The third-order valence-corrected chi connectivity index (χ3v) is 22.4. The normalized spacial score (nSPS) is 14.1. The molecule has 19 heteroatoms. The van der Waals surface area contributed by atoms with E-state index in [9.17, 15) is 43.2 Å². The summed E-state index contributed by atoms with van der Waals surface area (Å²) in [4.78, 5) is 73.2. The van der Waals surface area contributed by atoms with Crippen molar-refractivity contribution in [3.63, 3.8) is 0 Å². The van der Waals surface area contributed by atoms with Crippen molar-refractivity contribution >= 4 is 39.5 Å². The third-order valence-electron chi connectivity index (χ3n) is 20.5. The average Bonchev–Trinajstić information content (AvgIpc) is 0.955. The van der Waals surface area contributed by atoms with E-state index in [2.05, 4.69) is 48.5 Å². The van der Waals surface area contributed by atoms with Gasteiger partial charge in [0.2, 0.25) is 0 Å². The van der Waals surface area contributed by atoms with Crippen molar-refractivity contribution in [1.82, 2.24) is 0 Å². The molecule has 0 rings (SSSR count). The highest BCUT2D eigenvalue weighted by molar-refractivity contribution is 7.47. The van der Waals surface area contributed by atoms with E-state index in [0.29, 0.717) is 25.7 Å². The molecule has 0 aromatic carbocycles. The Morgan fingerprint density at radius 3 is 0.724 bits per heavy atom. The summed E-state index contributed by atoms with van der Waals surface area (Å²) in [5.74, 6) is 0.359. The molecule has 0 bridgehead atoms. The summed E-state index contributed by atoms with van der Waals surface area (Å²) >= 11 is 0. The van der Waals surface area contributed by atoms with E-state index < -0.39 is 97.5 Å². The number of aliphatic hydroxyl groups is 1. The number of carbonyl (C=O) groups is 4. The summed E-state index contributed by atoms with van der Waals surface area (Å²) in [5.41, 5.74) is 0. The van der Waals surface area contributed by atoms with Gasteiger partial charge in [0, 0.05) is 25.7 Å². The molecule has 17 nitrogen and oxygen atoms in total. The number of phosphoric ester groups is 2. The molecule has 0 aliphatic heterocycles. The van der Waals surface area contributed by atoms with Gasteiger partial charge in [-0.05, 0) is 43.4 Å². The summed E-state index contributed by atoms with van der Waals surface area (Å²) in [6.07, 6.45) is 66.6. The largest absolute Gasteiger partial charge is 0.472 e. The van der Waals surface area contributed by atoms with Crippen LogP contribution < -0.4 is 0 Å². The smallest absolute Gasteiger partial charge is 0.462 e. The number of hydrogen-bond acceptors (Lipinski definition) is 15. The van der Waals surface area contributed by atoms with Crippen LogP contribution in [0.5, 0.6) is 0 Å². The maximum absolute atomic E-state index is 13.1. The van der Waals surface area contributed by atoms with E-state index in [0.717, 1.165) is 108 Å². The Kier molecular flexibility index (Phi) is 74.7. The van der Waals surface area contributed by atoms with Gasteiger partial charge in [-0.1, -0.05) is 402 Å². The van der Waals surface area contributed by atoms with E-state index in [1.165, 1.54) is 263 Å². The van der Waals surface area contributed by atoms with Crippen LogP contribution in [0, 0.1) is 17.8 Å². The summed E-state index contributed by atoms with van der Waals surface area (Å²) in [5, 5.41) is 10.7. The fourth-order valence-electron chi connectivity index (χ4n) is 13.3. The van der Waals surface area contributed by atoms with Gasteiger partial charge in [0.1, 0.15) is 19.3 Å². The van der Waals surface area contributed by atoms with Crippen molar-refractivity contribution in [3.8, 4) is 0 Å². The van der Waals surface area contributed by atoms with Crippen LogP contribution >= 0.6 is 15.6 Å². The number of rotatable bonds is 84. The quantitative estimate of drug-likeness (QED) is 0.0222. The highest BCUT2D eigenvalue weighted by Gasteiger charge is 2.30. The lowest BCUT2D eigenvalue weighted by molar-refractivity contribution is -0.161. The minimum absolute atomic E-state index is 0.107. The van der Waals surface area contributed by atoms with Crippen LogP contribution in [-0.2, 0) is 65.4 Å². The first-order valence-corrected chi connectivity index (χ1v) is 47.4. The number of carbonyl (C=O) groups excluding carboxylic acids is 4. The molecule has 624 valence electrons. The van der Waals surface area contributed by atoms with Gasteiger partial charge in [0.05, 0.1) is 26.4 Å². The first-order chi connectivity index (χ1) is 50.8. The number of phosphoric acid groups is 2. The molecule has 0 spiro atoms. The van der Waals surface area contributed by atoms with Crippen LogP contribution in [0.25, 0.3) is 0 Å². The Hall–Kier alpha value is -1.94. The fraction of sp³-hybridized carbons (Fsp3) is 0.953. The molecule has 3 unspecified atom stereocenters. The van der Waals surface area contributed by atoms with Crippen molar-refractivity contribution in [2.24, 2.45) is 17.8 Å². The highest BCUT2D eigenvalue weighted by Crippen LogP contribution is 2.45. The molecule has 0 heterocycles. The minimum atomic E-state index is -4.97. The van der Waals surface area contributed by atoms with E-state index in [1.54, 1.807) is 0 Å². The van der Waals surface area contributed by atoms with Crippen LogP contribution in [0.15, 0.2) is 0 Å². The number of unbranched alkanes of at least 4 members (excludes halogenated alkanes) is 51. The first-order valence-electron chi connectivity index (χ1n) is 44.4. The van der Waals surface area contributed by atoms with E-state index in [-0.39, 0.29) is 25.7 Å². The second-order valence-corrected chi connectivity index (χ2v) is 35.0. The second-order valence-electron chi connectivity index (χ2n) is 32.1. The predicted molar refractivity (Wildman–Crippen MR) is 432 cm³/mol. The zero-order chi connectivity index (χ0) is 77.2. The molecule has 3 N–H and O–H groups in total. The molecule has 0 aromatic heterocycles. The molecular formula is C86H168O17P2. The number of aliphatic hydroxyl groups excluding tert-OH is 1. The standard InChI is InChI=1S/C86H168O17P2/c1-8-10-11-12-13-36-46-53-60-67-83(88)96-73-81(102-86(91)70-63-56-49-42-35-29-23-25-31-38-44-51-58-65-78(5)6)75-100-104(92,93)98-71-80(87)72-99-105(94,95)101-76-82(74-97-84(89)68-61-54-47-40-33-27-22-18-19-24-30-37-43-50-57-64-77(3)4)103-85(90)69-62-55-48-41-34-28-21-17-15-14-16-20-26-32-39-45-52-59-66-79(7)9-2/h77-82,87H,8-76H2,1-7H3,(H,92,93)(H,94,95)/t79?,80-,81+,82+/m0/s1. The molecule has 0 saturated heterocycles. The van der Waals surface area contributed by atoms with Crippen LogP contribution in [0.3, 0.4) is 0 Å². The molecule has 0 aliphatic carbocycles. The second kappa shape index (κ2) is 76.1.